The lowest BCUT2D eigenvalue weighted by molar-refractivity contribution is 0.588. The maximum Gasteiger partial charge on any atom is 0.150 e. The molecule has 0 aromatic heterocycles. The van der Waals surface area contributed by atoms with Crippen LogP contribution in [0.4, 0.5) is 0 Å². The number of hydrogen-bond acceptors (Lipinski definition) is 3. The van der Waals surface area contributed by atoms with Gasteiger partial charge in [-0.3, -0.25) is 0 Å². The standard InChI is InChI=1S/C8H19NO2S/c1-2-7-12(10,11)8-5-3-4-6-9/h2-9H2,1H3. The van der Waals surface area contributed by atoms with E-state index in [2.05, 4.69) is 0 Å². The number of unbranched alkanes of at least 4 members (excludes halogenated alkanes) is 2. The van der Waals surface area contributed by atoms with E-state index in [0.29, 0.717) is 18.1 Å². The molecule has 4 heteroatoms. The molecule has 0 bridgehead atoms. The van der Waals surface area contributed by atoms with Gasteiger partial charge in [0.2, 0.25) is 0 Å². The molecule has 0 saturated carbocycles. The molecular formula is C8H19NO2S. The lowest BCUT2D eigenvalue weighted by atomic mass is 10.2. The van der Waals surface area contributed by atoms with E-state index in [1.54, 1.807) is 0 Å². The van der Waals surface area contributed by atoms with Gasteiger partial charge in [0.25, 0.3) is 0 Å². The zero-order chi connectivity index (χ0) is 9.45. The maximum absolute atomic E-state index is 11.2. The lowest BCUT2D eigenvalue weighted by Crippen LogP contribution is -2.10. The molecule has 0 aromatic carbocycles. The van der Waals surface area contributed by atoms with E-state index >= 15 is 0 Å². The first-order chi connectivity index (χ1) is 5.62. The summed E-state index contributed by atoms with van der Waals surface area (Å²) in [6.07, 6.45) is 3.35. The number of hydrogen-bond donors (Lipinski definition) is 1. The van der Waals surface area contributed by atoms with Crippen molar-refractivity contribution in [1.82, 2.24) is 0 Å². The molecule has 0 atom stereocenters. The van der Waals surface area contributed by atoms with Crippen molar-refractivity contribution in [3.8, 4) is 0 Å². The molecule has 0 aliphatic rings. The van der Waals surface area contributed by atoms with Crippen LogP contribution in [0.15, 0.2) is 0 Å². The normalized spacial score (nSPS) is 11.8. The van der Waals surface area contributed by atoms with Gasteiger partial charge in [0.05, 0.1) is 5.75 Å². The predicted molar refractivity (Wildman–Crippen MR) is 51.9 cm³/mol. The Morgan fingerprint density at radius 2 is 1.75 bits per heavy atom. The van der Waals surface area contributed by atoms with Gasteiger partial charge in [0, 0.05) is 5.75 Å². The smallest absolute Gasteiger partial charge is 0.150 e. The number of sulfone groups is 1. The van der Waals surface area contributed by atoms with E-state index in [0.717, 1.165) is 25.7 Å². The molecular weight excluding hydrogens is 174 g/mol. The van der Waals surface area contributed by atoms with Gasteiger partial charge in [-0.2, -0.15) is 0 Å². The second-order valence-corrected chi connectivity index (χ2v) is 5.30. The van der Waals surface area contributed by atoms with Crippen LogP contribution < -0.4 is 5.73 Å². The summed E-state index contributed by atoms with van der Waals surface area (Å²) in [5, 5.41) is 0. The highest BCUT2D eigenvalue weighted by Crippen LogP contribution is 2.00. The van der Waals surface area contributed by atoms with Gasteiger partial charge < -0.3 is 5.73 Å². The summed E-state index contributed by atoms with van der Waals surface area (Å²) in [6.45, 7) is 2.55. The van der Waals surface area contributed by atoms with Crippen LogP contribution in [0.25, 0.3) is 0 Å². The van der Waals surface area contributed by atoms with Gasteiger partial charge in [-0.1, -0.05) is 13.3 Å². The third-order valence-corrected chi connectivity index (χ3v) is 3.62. The Morgan fingerprint density at radius 3 is 2.25 bits per heavy atom. The second-order valence-electron chi connectivity index (χ2n) is 3.00. The Bertz CT molecular complexity index is 187. The highest BCUT2D eigenvalue weighted by Gasteiger charge is 2.07. The summed E-state index contributed by atoms with van der Waals surface area (Å²) in [4.78, 5) is 0. The van der Waals surface area contributed by atoms with Crippen molar-refractivity contribution in [2.24, 2.45) is 5.73 Å². The SMILES string of the molecule is CCCS(=O)(=O)CCCCCN. The highest BCUT2D eigenvalue weighted by molar-refractivity contribution is 7.91. The molecule has 0 unspecified atom stereocenters. The van der Waals surface area contributed by atoms with Crippen molar-refractivity contribution >= 4 is 9.84 Å². The van der Waals surface area contributed by atoms with Gasteiger partial charge in [-0.15, -0.1) is 0 Å². The Kier molecular flexibility index (Phi) is 6.38. The molecule has 0 saturated heterocycles. The molecule has 0 rings (SSSR count). The predicted octanol–water partition coefficient (Wildman–Crippen LogP) is 0.940. The van der Waals surface area contributed by atoms with E-state index in [4.69, 9.17) is 5.73 Å². The summed E-state index contributed by atoms with van der Waals surface area (Å²) in [7, 11) is -2.75. The van der Waals surface area contributed by atoms with Crippen molar-refractivity contribution in [3.63, 3.8) is 0 Å². The van der Waals surface area contributed by atoms with Gasteiger partial charge in [0.15, 0.2) is 0 Å². The molecule has 0 aliphatic carbocycles. The van der Waals surface area contributed by atoms with Crippen LogP contribution >= 0.6 is 0 Å². The molecule has 3 nitrogen and oxygen atoms in total. The number of nitrogens with two attached hydrogens (primary N) is 1. The fourth-order valence-corrected chi connectivity index (χ4v) is 2.53. The van der Waals surface area contributed by atoms with Crippen LogP contribution in [0.2, 0.25) is 0 Å². The molecule has 0 heterocycles. The summed E-state index contributed by atoms with van der Waals surface area (Å²) in [5.74, 6) is 0.663. The maximum atomic E-state index is 11.2. The molecule has 0 amide bonds. The minimum Gasteiger partial charge on any atom is -0.330 e. The minimum atomic E-state index is -2.75. The minimum absolute atomic E-state index is 0.329. The molecule has 0 aliphatic heterocycles. The highest BCUT2D eigenvalue weighted by atomic mass is 32.2. The second kappa shape index (κ2) is 6.43. The molecule has 0 radical (unpaired) electrons. The molecule has 0 spiro atoms. The third-order valence-electron chi connectivity index (χ3n) is 1.67. The Labute approximate surface area is 75.3 Å². The van der Waals surface area contributed by atoms with Crippen LogP contribution in [-0.4, -0.2) is 26.5 Å². The van der Waals surface area contributed by atoms with E-state index in [1.165, 1.54) is 0 Å². The summed E-state index contributed by atoms with van der Waals surface area (Å²) < 4.78 is 22.3. The number of rotatable bonds is 7. The molecule has 12 heavy (non-hydrogen) atoms. The van der Waals surface area contributed by atoms with Crippen molar-refractivity contribution in [3.05, 3.63) is 0 Å². The van der Waals surface area contributed by atoms with Crippen molar-refractivity contribution < 1.29 is 8.42 Å². The van der Waals surface area contributed by atoms with Gasteiger partial charge >= 0.3 is 0 Å². The first-order valence-corrected chi connectivity index (χ1v) is 6.35. The van der Waals surface area contributed by atoms with Crippen LogP contribution in [0.1, 0.15) is 32.6 Å². The van der Waals surface area contributed by atoms with Crippen molar-refractivity contribution in [2.75, 3.05) is 18.1 Å². The summed E-state index contributed by atoms with van der Waals surface area (Å²) in [6, 6.07) is 0. The summed E-state index contributed by atoms with van der Waals surface area (Å²) >= 11 is 0. The van der Waals surface area contributed by atoms with Crippen molar-refractivity contribution in [2.45, 2.75) is 32.6 Å². The Hall–Kier alpha value is -0.0900. The Morgan fingerprint density at radius 1 is 1.08 bits per heavy atom. The van der Waals surface area contributed by atoms with E-state index in [9.17, 15) is 8.42 Å². The largest absolute Gasteiger partial charge is 0.330 e. The van der Waals surface area contributed by atoms with Gasteiger partial charge in [0.1, 0.15) is 9.84 Å². The first-order valence-electron chi connectivity index (χ1n) is 4.53. The quantitative estimate of drug-likeness (QED) is 0.612. The molecule has 0 fully saturated rings. The molecule has 74 valence electrons. The van der Waals surface area contributed by atoms with Crippen molar-refractivity contribution in [1.29, 1.82) is 0 Å². The summed E-state index contributed by atoms with van der Waals surface area (Å²) in [5.41, 5.74) is 5.29. The zero-order valence-electron chi connectivity index (χ0n) is 7.75. The fourth-order valence-electron chi connectivity index (χ4n) is 1.06. The van der Waals surface area contributed by atoms with E-state index in [1.807, 2.05) is 6.92 Å². The van der Waals surface area contributed by atoms with E-state index < -0.39 is 9.84 Å². The van der Waals surface area contributed by atoms with Crippen LogP contribution in [0.3, 0.4) is 0 Å². The van der Waals surface area contributed by atoms with Crippen LogP contribution in [-0.2, 0) is 9.84 Å². The zero-order valence-corrected chi connectivity index (χ0v) is 8.57. The average molecular weight is 193 g/mol. The average Bonchev–Trinajstić information content (AvgIpc) is 1.98. The first kappa shape index (κ1) is 11.9. The topological polar surface area (TPSA) is 60.2 Å². The van der Waals surface area contributed by atoms with Gasteiger partial charge in [-0.25, -0.2) is 8.42 Å². The fraction of sp³-hybridized carbons (Fsp3) is 1.00. The molecule has 2 N–H and O–H groups in total. The monoisotopic (exact) mass is 193 g/mol. The lowest BCUT2D eigenvalue weighted by Gasteiger charge is -2.01. The molecule has 0 aromatic rings. The Balaban J connectivity index is 3.48. The van der Waals surface area contributed by atoms with Crippen LogP contribution in [0.5, 0.6) is 0 Å². The van der Waals surface area contributed by atoms with Crippen LogP contribution in [0, 0.1) is 0 Å². The van der Waals surface area contributed by atoms with Gasteiger partial charge in [-0.05, 0) is 25.8 Å². The third kappa shape index (κ3) is 6.61. The van der Waals surface area contributed by atoms with E-state index in [-0.39, 0.29) is 0 Å².